The van der Waals surface area contributed by atoms with E-state index in [4.69, 9.17) is 5.84 Å². The fraction of sp³-hybridized carbons (Fsp3) is 0.529. The smallest absolute Gasteiger partial charge is 0.103 e. The minimum atomic E-state index is 0.0260. The minimum Gasteiger partial charge on any atom is -0.303 e. The summed E-state index contributed by atoms with van der Waals surface area (Å²) in [6.07, 6.45) is 9.86. The second-order valence-corrected chi connectivity index (χ2v) is 5.98. The van der Waals surface area contributed by atoms with E-state index in [-0.39, 0.29) is 17.9 Å². The zero-order valence-electron chi connectivity index (χ0n) is 13.1. The molecule has 1 aliphatic heterocycles. The molecular formula is C17H26FN3. The van der Waals surface area contributed by atoms with Gasteiger partial charge in [-0.25, -0.2) is 4.39 Å². The maximum Gasteiger partial charge on any atom is 0.103 e. The van der Waals surface area contributed by atoms with Crippen molar-refractivity contribution in [3.8, 4) is 0 Å². The van der Waals surface area contributed by atoms with Crippen LogP contribution in [0.2, 0.25) is 0 Å². The lowest BCUT2D eigenvalue weighted by Crippen LogP contribution is -2.31. The molecule has 0 aromatic rings. The van der Waals surface area contributed by atoms with E-state index in [0.717, 1.165) is 18.5 Å². The van der Waals surface area contributed by atoms with Crippen LogP contribution in [-0.2, 0) is 0 Å². The van der Waals surface area contributed by atoms with Crippen molar-refractivity contribution in [3.05, 3.63) is 46.9 Å². The van der Waals surface area contributed by atoms with Gasteiger partial charge in [-0.2, -0.15) is 0 Å². The molecule has 0 bridgehead atoms. The number of hydrogen-bond donors (Lipinski definition) is 3. The number of hydrazine groups is 1. The Labute approximate surface area is 126 Å². The van der Waals surface area contributed by atoms with Gasteiger partial charge in [-0.05, 0) is 42.9 Å². The zero-order valence-corrected chi connectivity index (χ0v) is 13.1. The van der Waals surface area contributed by atoms with E-state index < -0.39 is 0 Å². The number of rotatable bonds is 5. The van der Waals surface area contributed by atoms with Crippen molar-refractivity contribution in [2.45, 2.75) is 45.7 Å². The van der Waals surface area contributed by atoms with Crippen LogP contribution in [-0.4, -0.2) is 18.6 Å². The molecule has 0 amide bonds. The van der Waals surface area contributed by atoms with Gasteiger partial charge in [-0.1, -0.05) is 31.2 Å². The molecule has 3 nitrogen and oxygen atoms in total. The van der Waals surface area contributed by atoms with Crippen LogP contribution >= 0.6 is 0 Å². The van der Waals surface area contributed by atoms with Crippen molar-refractivity contribution in [2.24, 2.45) is 11.8 Å². The van der Waals surface area contributed by atoms with Crippen molar-refractivity contribution in [1.29, 1.82) is 0 Å². The van der Waals surface area contributed by atoms with Crippen LogP contribution in [0.5, 0.6) is 0 Å². The zero-order chi connectivity index (χ0) is 15.4. The van der Waals surface area contributed by atoms with E-state index in [9.17, 15) is 4.39 Å². The maximum atomic E-state index is 13.5. The Morgan fingerprint density at radius 2 is 2.14 bits per heavy atom. The van der Waals surface area contributed by atoms with Crippen LogP contribution in [0.4, 0.5) is 4.39 Å². The largest absolute Gasteiger partial charge is 0.303 e. The molecule has 0 saturated carbocycles. The highest BCUT2D eigenvalue weighted by molar-refractivity contribution is 5.40. The SMILES string of the molecule is CC1=C(F)CCC(C2NCC=C2C(C)C=CC(C)NN)=C1. The highest BCUT2D eigenvalue weighted by Gasteiger charge is 2.27. The second kappa shape index (κ2) is 7.16. The molecule has 0 fully saturated rings. The van der Waals surface area contributed by atoms with Crippen molar-refractivity contribution >= 4 is 0 Å². The molecule has 3 atom stereocenters. The lowest BCUT2D eigenvalue weighted by Gasteiger charge is -2.25. The van der Waals surface area contributed by atoms with Gasteiger partial charge in [-0.3, -0.25) is 11.3 Å². The third-order valence-corrected chi connectivity index (χ3v) is 4.30. The first kappa shape index (κ1) is 16.1. The van der Waals surface area contributed by atoms with E-state index in [1.807, 2.05) is 19.9 Å². The van der Waals surface area contributed by atoms with Gasteiger partial charge in [0, 0.05) is 19.0 Å². The summed E-state index contributed by atoms with van der Waals surface area (Å²) in [5, 5.41) is 3.51. The molecule has 4 N–H and O–H groups in total. The van der Waals surface area contributed by atoms with Crippen LogP contribution in [0.15, 0.2) is 46.9 Å². The van der Waals surface area contributed by atoms with Crippen LogP contribution in [0.3, 0.4) is 0 Å². The van der Waals surface area contributed by atoms with Crippen molar-refractivity contribution in [2.75, 3.05) is 6.54 Å². The fourth-order valence-electron chi connectivity index (χ4n) is 2.93. The highest BCUT2D eigenvalue weighted by atomic mass is 19.1. The molecule has 1 heterocycles. The number of allylic oxidation sites excluding steroid dienone is 4. The summed E-state index contributed by atoms with van der Waals surface area (Å²) in [6.45, 7) is 6.94. The Morgan fingerprint density at radius 3 is 2.81 bits per heavy atom. The third kappa shape index (κ3) is 3.90. The predicted octanol–water partition coefficient (Wildman–Crippen LogP) is 2.89. The van der Waals surface area contributed by atoms with E-state index >= 15 is 0 Å². The van der Waals surface area contributed by atoms with E-state index in [0.29, 0.717) is 12.3 Å². The Balaban J connectivity index is 2.10. The summed E-state index contributed by atoms with van der Waals surface area (Å²) < 4.78 is 13.5. The average Bonchev–Trinajstić information content (AvgIpc) is 2.96. The molecule has 0 saturated heterocycles. The fourth-order valence-corrected chi connectivity index (χ4v) is 2.93. The summed E-state index contributed by atoms with van der Waals surface area (Å²) in [5.74, 6) is 5.78. The molecule has 0 aromatic heterocycles. The summed E-state index contributed by atoms with van der Waals surface area (Å²) >= 11 is 0. The second-order valence-electron chi connectivity index (χ2n) is 5.98. The van der Waals surface area contributed by atoms with Crippen molar-refractivity contribution in [3.63, 3.8) is 0 Å². The maximum absolute atomic E-state index is 13.5. The molecule has 0 spiro atoms. The average molecular weight is 291 g/mol. The predicted molar refractivity (Wildman–Crippen MR) is 86.1 cm³/mol. The standard InChI is InChI=1S/C17H26FN3/c1-11(4-5-13(3)21-19)15-8-9-20-17(15)14-6-7-16(18)12(2)10-14/h4-5,8,10-11,13,17,20-21H,6-7,9,19H2,1-3H3. The molecule has 0 aromatic carbocycles. The Kier molecular flexibility index (Phi) is 5.51. The molecule has 4 heteroatoms. The third-order valence-electron chi connectivity index (χ3n) is 4.30. The Morgan fingerprint density at radius 1 is 1.38 bits per heavy atom. The van der Waals surface area contributed by atoms with Gasteiger partial charge in [-0.15, -0.1) is 0 Å². The van der Waals surface area contributed by atoms with Gasteiger partial charge in [0.2, 0.25) is 0 Å². The first-order valence-corrected chi connectivity index (χ1v) is 7.66. The van der Waals surface area contributed by atoms with Crippen LogP contribution < -0.4 is 16.6 Å². The Hall–Kier alpha value is -1.23. The first-order chi connectivity index (χ1) is 10.0. The summed E-state index contributed by atoms with van der Waals surface area (Å²) in [4.78, 5) is 0. The molecule has 21 heavy (non-hydrogen) atoms. The normalized spacial score (nSPS) is 26.0. The van der Waals surface area contributed by atoms with E-state index in [1.54, 1.807) is 0 Å². The first-order valence-electron chi connectivity index (χ1n) is 7.66. The van der Waals surface area contributed by atoms with Gasteiger partial charge < -0.3 is 5.32 Å². The number of nitrogens with two attached hydrogens (primary N) is 1. The van der Waals surface area contributed by atoms with Gasteiger partial charge in [0.15, 0.2) is 0 Å². The topological polar surface area (TPSA) is 50.1 Å². The van der Waals surface area contributed by atoms with Gasteiger partial charge in [0.1, 0.15) is 5.83 Å². The highest BCUT2D eigenvalue weighted by Crippen LogP contribution is 2.32. The molecule has 2 aliphatic rings. The quantitative estimate of drug-likeness (QED) is 0.415. The van der Waals surface area contributed by atoms with Crippen LogP contribution in [0.1, 0.15) is 33.6 Å². The number of nitrogens with one attached hydrogen (secondary N) is 2. The van der Waals surface area contributed by atoms with Crippen LogP contribution in [0.25, 0.3) is 0 Å². The number of hydrogen-bond acceptors (Lipinski definition) is 3. The molecule has 0 radical (unpaired) electrons. The monoisotopic (exact) mass is 291 g/mol. The van der Waals surface area contributed by atoms with E-state index in [2.05, 4.69) is 35.9 Å². The van der Waals surface area contributed by atoms with Gasteiger partial charge >= 0.3 is 0 Å². The lowest BCUT2D eigenvalue weighted by molar-refractivity contribution is 0.553. The van der Waals surface area contributed by atoms with Gasteiger partial charge in [0.25, 0.3) is 0 Å². The lowest BCUT2D eigenvalue weighted by atomic mass is 9.86. The molecule has 3 unspecified atom stereocenters. The Bertz CT molecular complexity index is 502. The summed E-state index contributed by atoms with van der Waals surface area (Å²) in [7, 11) is 0. The molecular weight excluding hydrogens is 265 g/mol. The number of halogens is 1. The van der Waals surface area contributed by atoms with Crippen molar-refractivity contribution in [1.82, 2.24) is 10.7 Å². The molecule has 1 aliphatic carbocycles. The van der Waals surface area contributed by atoms with Crippen LogP contribution in [0, 0.1) is 5.92 Å². The van der Waals surface area contributed by atoms with Crippen molar-refractivity contribution < 1.29 is 4.39 Å². The summed E-state index contributed by atoms with van der Waals surface area (Å²) in [6, 6.07) is 0.405. The minimum absolute atomic E-state index is 0.0260. The molecule has 116 valence electrons. The summed E-state index contributed by atoms with van der Waals surface area (Å²) in [5.41, 5.74) is 6.15. The molecule has 2 rings (SSSR count). The van der Waals surface area contributed by atoms with E-state index in [1.165, 1.54) is 11.1 Å². The van der Waals surface area contributed by atoms with Gasteiger partial charge in [0.05, 0.1) is 6.04 Å².